The van der Waals surface area contributed by atoms with E-state index >= 15 is 0 Å². The van der Waals surface area contributed by atoms with E-state index < -0.39 is 0 Å². The number of rotatable bonds is 13. The van der Waals surface area contributed by atoms with Crippen LogP contribution in [0.15, 0.2) is 29.5 Å². The van der Waals surface area contributed by atoms with E-state index in [1.54, 1.807) is 0 Å². The summed E-state index contributed by atoms with van der Waals surface area (Å²) in [5.74, 6) is 0.810. The van der Waals surface area contributed by atoms with Gasteiger partial charge in [0.1, 0.15) is 0 Å². The molecule has 7 heteroatoms. The summed E-state index contributed by atoms with van der Waals surface area (Å²) in [6, 6.07) is 4.07. The standard InChI is InChI=1S/C19H34N4O2.HI/c1-3-20-19(22-14-17-23-15-10-11-16-23)21-13-9-7-5-6-8-12-18(24)25-4-2;/h10-11,15-16H,3-9,12-14,17H2,1-2H3,(H2,20,21,22);1H. The van der Waals surface area contributed by atoms with Gasteiger partial charge >= 0.3 is 5.97 Å². The molecule has 6 nitrogen and oxygen atoms in total. The normalized spacial score (nSPS) is 10.9. The first kappa shape index (κ1) is 24.8. The van der Waals surface area contributed by atoms with Crippen LogP contribution in [0, 0.1) is 0 Å². The molecule has 0 saturated carbocycles. The number of aromatic nitrogens is 1. The molecule has 0 bridgehead atoms. The van der Waals surface area contributed by atoms with Crippen LogP contribution in [0.25, 0.3) is 0 Å². The minimum absolute atomic E-state index is 0. The van der Waals surface area contributed by atoms with Gasteiger partial charge < -0.3 is 19.9 Å². The number of hydrogen-bond acceptors (Lipinski definition) is 3. The van der Waals surface area contributed by atoms with Crippen LogP contribution in [0.2, 0.25) is 0 Å². The smallest absolute Gasteiger partial charge is 0.305 e. The fourth-order valence-corrected chi connectivity index (χ4v) is 2.50. The SMILES string of the molecule is CCNC(=NCCCCCCCC(=O)OCC)NCCn1cccc1.I. The van der Waals surface area contributed by atoms with Crippen molar-refractivity contribution in [2.45, 2.75) is 58.9 Å². The van der Waals surface area contributed by atoms with Gasteiger partial charge in [-0.15, -0.1) is 24.0 Å². The summed E-state index contributed by atoms with van der Waals surface area (Å²) in [7, 11) is 0. The molecule has 0 spiro atoms. The van der Waals surface area contributed by atoms with Gasteiger partial charge in [-0.25, -0.2) is 0 Å². The predicted octanol–water partition coefficient (Wildman–Crippen LogP) is 3.56. The van der Waals surface area contributed by atoms with Crippen molar-refractivity contribution in [1.82, 2.24) is 15.2 Å². The monoisotopic (exact) mass is 478 g/mol. The van der Waals surface area contributed by atoms with Crippen LogP contribution in [0.1, 0.15) is 52.4 Å². The molecule has 150 valence electrons. The summed E-state index contributed by atoms with van der Waals surface area (Å²) in [4.78, 5) is 15.8. The molecule has 0 amide bonds. The molecule has 0 saturated heterocycles. The lowest BCUT2D eigenvalue weighted by atomic mass is 10.1. The van der Waals surface area contributed by atoms with Crippen LogP contribution in [-0.2, 0) is 16.1 Å². The number of nitrogens with zero attached hydrogens (tertiary/aromatic N) is 2. The summed E-state index contributed by atoms with van der Waals surface area (Å²) < 4.78 is 7.07. The highest BCUT2D eigenvalue weighted by Crippen LogP contribution is 2.06. The first-order chi connectivity index (χ1) is 12.3. The van der Waals surface area contributed by atoms with Crippen molar-refractivity contribution in [3.05, 3.63) is 24.5 Å². The molecule has 1 rings (SSSR count). The van der Waals surface area contributed by atoms with E-state index in [4.69, 9.17) is 4.74 Å². The first-order valence-electron chi connectivity index (χ1n) is 9.54. The van der Waals surface area contributed by atoms with Crippen molar-refractivity contribution >= 4 is 35.9 Å². The molecule has 26 heavy (non-hydrogen) atoms. The lowest BCUT2D eigenvalue weighted by Gasteiger charge is -2.11. The molecule has 0 aliphatic rings. The van der Waals surface area contributed by atoms with Gasteiger partial charge in [0.2, 0.25) is 0 Å². The molecule has 1 heterocycles. The van der Waals surface area contributed by atoms with Gasteiger partial charge in [0.25, 0.3) is 0 Å². The Balaban J connectivity index is 0.00000625. The number of esters is 1. The highest BCUT2D eigenvalue weighted by Gasteiger charge is 2.01. The van der Waals surface area contributed by atoms with Crippen molar-refractivity contribution in [3.63, 3.8) is 0 Å². The Labute approximate surface area is 175 Å². The average Bonchev–Trinajstić information content (AvgIpc) is 3.11. The fourth-order valence-electron chi connectivity index (χ4n) is 2.50. The Kier molecular flexibility index (Phi) is 16.4. The number of hydrogen-bond donors (Lipinski definition) is 2. The van der Waals surface area contributed by atoms with E-state index in [9.17, 15) is 4.79 Å². The van der Waals surface area contributed by atoms with Gasteiger partial charge in [-0.2, -0.15) is 0 Å². The van der Waals surface area contributed by atoms with Gasteiger partial charge in [-0.3, -0.25) is 9.79 Å². The number of unbranched alkanes of at least 4 members (excludes halogenated alkanes) is 4. The van der Waals surface area contributed by atoms with Gasteiger partial charge in [0.05, 0.1) is 6.61 Å². The molecular weight excluding hydrogens is 443 g/mol. The Morgan fingerprint density at radius 3 is 2.42 bits per heavy atom. The molecule has 0 fully saturated rings. The lowest BCUT2D eigenvalue weighted by Crippen LogP contribution is -2.38. The third kappa shape index (κ3) is 13.0. The second kappa shape index (κ2) is 17.2. The van der Waals surface area contributed by atoms with E-state index in [0.717, 1.165) is 64.2 Å². The summed E-state index contributed by atoms with van der Waals surface area (Å²) in [6.45, 7) is 7.87. The molecule has 0 aromatic carbocycles. The third-order valence-corrected chi connectivity index (χ3v) is 3.79. The van der Waals surface area contributed by atoms with E-state index in [1.807, 2.05) is 19.1 Å². The zero-order valence-corrected chi connectivity index (χ0v) is 18.5. The average molecular weight is 478 g/mol. The zero-order chi connectivity index (χ0) is 18.2. The highest BCUT2D eigenvalue weighted by atomic mass is 127. The van der Waals surface area contributed by atoms with Crippen LogP contribution >= 0.6 is 24.0 Å². The first-order valence-corrected chi connectivity index (χ1v) is 9.54. The minimum Gasteiger partial charge on any atom is -0.466 e. The van der Waals surface area contributed by atoms with Crippen molar-refractivity contribution in [2.24, 2.45) is 4.99 Å². The second-order valence-electron chi connectivity index (χ2n) is 5.93. The van der Waals surface area contributed by atoms with Crippen molar-refractivity contribution in [2.75, 3.05) is 26.2 Å². The molecule has 1 aromatic rings. The molecule has 0 aliphatic heterocycles. The quantitative estimate of drug-likeness (QED) is 0.150. The zero-order valence-electron chi connectivity index (χ0n) is 16.2. The number of ether oxygens (including phenoxy) is 1. The largest absolute Gasteiger partial charge is 0.466 e. The maximum absolute atomic E-state index is 11.2. The van der Waals surface area contributed by atoms with Crippen LogP contribution in [0.5, 0.6) is 0 Å². The molecule has 0 atom stereocenters. The van der Waals surface area contributed by atoms with E-state index in [-0.39, 0.29) is 29.9 Å². The number of nitrogens with one attached hydrogen (secondary N) is 2. The molecule has 0 unspecified atom stereocenters. The summed E-state index contributed by atoms with van der Waals surface area (Å²) in [5.41, 5.74) is 0. The third-order valence-electron chi connectivity index (χ3n) is 3.79. The Morgan fingerprint density at radius 2 is 1.73 bits per heavy atom. The summed E-state index contributed by atoms with van der Waals surface area (Å²) >= 11 is 0. The van der Waals surface area contributed by atoms with E-state index in [1.165, 1.54) is 0 Å². The topological polar surface area (TPSA) is 67.7 Å². The predicted molar refractivity (Wildman–Crippen MR) is 118 cm³/mol. The lowest BCUT2D eigenvalue weighted by molar-refractivity contribution is -0.143. The van der Waals surface area contributed by atoms with Gasteiger partial charge in [0, 0.05) is 45.0 Å². The van der Waals surface area contributed by atoms with E-state index in [0.29, 0.717) is 13.0 Å². The Morgan fingerprint density at radius 1 is 1.04 bits per heavy atom. The number of carbonyl (C=O) groups excluding carboxylic acids is 1. The number of halogens is 1. The summed E-state index contributed by atoms with van der Waals surface area (Å²) in [6.07, 6.45) is 10.0. The number of aliphatic imine (C=N–C) groups is 1. The molecule has 2 N–H and O–H groups in total. The fraction of sp³-hybridized carbons (Fsp3) is 0.684. The van der Waals surface area contributed by atoms with Crippen LogP contribution in [0.4, 0.5) is 0 Å². The Hall–Kier alpha value is -1.25. The number of carbonyl (C=O) groups is 1. The minimum atomic E-state index is -0.0756. The van der Waals surface area contributed by atoms with Crippen LogP contribution in [-0.4, -0.2) is 42.7 Å². The van der Waals surface area contributed by atoms with Gasteiger partial charge in [-0.1, -0.05) is 19.3 Å². The Bertz CT molecular complexity index is 478. The maximum atomic E-state index is 11.2. The van der Waals surface area contributed by atoms with Crippen molar-refractivity contribution in [1.29, 1.82) is 0 Å². The summed E-state index contributed by atoms with van der Waals surface area (Å²) in [5, 5.41) is 6.64. The van der Waals surface area contributed by atoms with Crippen molar-refractivity contribution in [3.8, 4) is 0 Å². The van der Waals surface area contributed by atoms with Crippen molar-refractivity contribution < 1.29 is 9.53 Å². The van der Waals surface area contributed by atoms with Crippen LogP contribution < -0.4 is 10.6 Å². The number of guanidine groups is 1. The molecule has 1 aromatic heterocycles. The molecular formula is C19H35IN4O2. The second-order valence-corrected chi connectivity index (χ2v) is 5.93. The maximum Gasteiger partial charge on any atom is 0.305 e. The highest BCUT2D eigenvalue weighted by molar-refractivity contribution is 14.0. The van der Waals surface area contributed by atoms with Gasteiger partial charge in [-0.05, 0) is 38.8 Å². The van der Waals surface area contributed by atoms with Gasteiger partial charge in [0.15, 0.2) is 5.96 Å². The van der Waals surface area contributed by atoms with E-state index in [2.05, 4.69) is 39.5 Å². The molecule has 0 aliphatic carbocycles. The molecule has 0 radical (unpaired) electrons. The van der Waals surface area contributed by atoms with Crippen LogP contribution in [0.3, 0.4) is 0 Å².